The number of alkyl halides is 3. The van der Waals surface area contributed by atoms with E-state index in [1.165, 1.54) is 18.3 Å². The fourth-order valence-corrected chi connectivity index (χ4v) is 2.77. The number of carboxylic acid groups (broad SMARTS) is 1. The van der Waals surface area contributed by atoms with Crippen LogP contribution >= 0.6 is 34.8 Å². The van der Waals surface area contributed by atoms with E-state index in [0.29, 0.717) is 0 Å². The van der Waals surface area contributed by atoms with Crippen LogP contribution in [0.5, 0.6) is 17.4 Å². The van der Waals surface area contributed by atoms with E-state index < -0.39 is 23.8 Å². The van der Waals surface area contributed by atoms with Gasteiger partial charge in [-0.1, -0.05) is 34.8 Å². The maximum atomic E-state index is 13.1. The van der Waals surface area contributed by atoms with Crippen molar-refractivity contribution in [2.75, 3.05) is 0 Å². The summed E-state index contributed by atoms with van der Waals surface area (Å²) in [7, 11) is 0. The van der Waals surface area contributed by atoms with E-state index >= 15 is 0 Å². The van der Waals surface area contributed by atoms with Gasteiger partial charge in [0, 0.05) is 17.8 Å². The number of halogens is 6. The van der Waals surface area contributed by atoms with Gasteiger partial charge in [0.25, 0.3) is 0 Å². The van der Waals surface area contributed by atoms with Crippen molar-refractivity contribution < 1.29 is 32.5 Å². The van der Waals surface area contributed by atoms with Gasteiger partial charge < -0.3 is 14.6 Å². The number of rotatable bonds is 3. The summed E-state index contributed by atoms with van der Waals surface area (Å²) in [5.74, 6) is -2.23. The number of aromatic nitrogens is 1. The van der Waals surface area contributed by atoms with Crippen LogP contribution in [0.25, 0.3) is 6.08 Å². The van der Waals surface area contributed by atoms with Gasteiger partial charge >= 0.3 is 12.1 Å². The third-order valence-electron chi connectivity index (χ3n) is 3.46. The van der Waals surface area contributed by atoms with Crippen LogP contribution in [0.15, 0.2) is 30.0 Å². The summed E-state index contributed by atoms with van der Waals surface area (Å²) in [6.45, 7) is 0. The summed E-state index contributed by atoms with van der Waals surface area (Å²) in [6, 6.07) is 3.71. The molecule has 3 rings (SSSR count). The number of carboxylic acids is 1. The Labute approximate surface area is 164 Å². The quantitative estimate of drug-likeness (QED) is 0.670. The molecular formula is C16H7Cl3F3NO4. The number of nitrogens with zero attached hydrogens (tertiary/aromatic N) is 1. The Hall–Kier alpha value is -2.16. The van der Waals surface area contributed by atoms with Crippen molar-refractivity contribution in [3.05, 3.63) is 50.6 Å². The Morgan fingerprint density at radius 1 is 1.22 bits per heavy atom. The van der Waals surface area contributed by atoms with Gasteiger partial charge in [-0.3, -0.25) is 0 Å². The fourth-order valence-electron chi connectivity index (χ4n) is 2.27. The molecule has 1 unspecified atom stereocenters. The van der Waals surface area contributed by atoms with Gasteiger partial charge in [0.2, 0.25) is 12.0 Å². The van der Waals surface area contributed by atoms with E-state index in [1.54, 1.807) is 0 Å². The molecule has 0 bridgehead atoms. The standard InChI is InChI=1S/C16H7Cl3F3NO4/c17-8-1-2-23-14(12(8)19)27-11-5-10-6(4-9(11)18)3-7(15(24)25)13(26-10)16(20,21)22/h1-5,13H,(H,24,25). The smallest absolute Gasteiger partial charge is 0.430 e. The molecule has 0 radical (unpaired) electrons. The lowest BCUT2D eigenvalue weighted by molar-refractivity contribution is -0.187. The van der Waals surface area contributed by atoms with Crippen LogP contribution in [0.4, 0.5) is 13.2 Å². The van der Waals surface area contributed by atoms with Crippen LogP contribution in [0.1, 0.15) is 5.56 Å². The van der Waals surface area contributed by atoms with Gasteiger partial charge in [-0.05, 0) is 18.2 Å². The monoisotopic (exact) mass is 439 g/mol. The van der Waals surface area contributed by atoms with E-state index in [-0.39, 0.29) is 38.0 Å². The van der Waals surface area contributed by atoms with Crippen molar-refractivity contribution >= 4 is 46.8 Å². The highest BCUT2D eigenvalue weighted by atomic mass is 35.5. The summed E-state index contributed by atoms with van der Waals surface area (Å²) in [5.41, 5.74) is -0.908. The van der Waals surface area contributed by atoms with E-state index in [4.69, 9.17) is 49.4 Å². The van der Waals surface area contributed by atoms with E-state index in [9.17, 15) is 18.0 Å². The molecule has 1 aliphatic rings. The van der Waals surface area contributed by atoms with Gasteiger partial charge in [-0.25, -0.2) is 9.78 Å². The first-order valence-electron chi connectivity index (χ1n) is 7.07. The lowest BCUT2D eigenvalue weighted by atomic mass is 10.0. The van der Waals surface area contributed by atoms with Crippen molar-refractivity contribution in [2.24, 2.45) is 0 Å². The molecule has 1 aromatic carbocycles. The minimum atomic E-state index is -4.93. The molecule has 5 nitrogen and oxygen atoms in total. The van der Waals surface area contributed by atoms with Crippen molar-refractivity contribution in [3.8, 4) is 17.4 Å². The van der Waals surface area contributed by atoms with Crippen molar-refractivity contribution in [3.63, 3.8) is 0 Å². The molecule has 0 fully saturated rings. The molecule has 1 aliphatic heterocycles. The molecule has 0 spiro atoms. The Morgan fingerprint density at radius 2 is 1.93 bits per heavy atom. The Morgan fingerprint density at radius 3 is 2.56 bits per heavy atom. The van der Waals surface area contributed by atoms with Crippen molar-refractivity contribution in [1.29, 1.82) is 0 Å². The molecule has 2 heterocycles. The lowest BCUT2D eigenvalue weighted by Gasteiger charge is -2.27. The number of carbonyl (C=O) groups is 1. The molecule has 0 aliphatic carbocycles. The van der Waals surface area contributed by atoms with Crippen LogP contribution in [0, 0.1) is 0 Å². The molecule has 27 heavy (non-hydrogen) atoms. The zero-order valence-corrected chi connectivity index (χ0v) is 15.1. The Kier molecular flexibility index (Phi) is 5.16. The highest BCUT2D eigenvalue weighted by Gasteiger charge is 2.48. The van der Waals surface area contributed by atoms with Crippen LogP contribution in [-0.2, 0) is 4.79 Å². The number of hydrogen-bond donors (Lipinski definition) is 1. The van der Waals surface area contributed by atoms with Crippen molar-refractivity contribution in [1.82, 2.24) is 4.98 Å². The maximum Gasteiger partial charge on any atom is 0.430 e. The first-order valence-corrected chi connectivity index (χ1v) is 8.21. The van der Waals surface area contributed by atoms with Gasteiger partial charge in [-0.15, -0.1) is 0 Å². The van der Waals surface area contributed by atoms with Crippen LogP contribution in [0.3, 0.4) is 0 Å². The minimum Gasteiger partial charge on any atom is -0.478 e. The molecule has 2 aromatic rings. The molecule has 0 saturated heterocycles. The zero-order chi connectivity index (χ0) is 19.9. The van der Waals surface area contributed by atoms with Gasteiger partial charge in [-0.2, -0.15) is 13.2 Å². The average Bonchev–Trinajstić information content (AvgIpc) is 2.57. The van der Waals surface area contributed by atoms with Gasteiger partial charge in [0.05, 0.1) is 15.6 Å². The number of pyridine rings is 1. The number of hydrogen-bond acceptors (Lipinski definition) is 4. The second-order valence-electron chi connectivity index (χ2n) is 5.28. The molecule has 1 N–H and O–H groups in total. The minimum absolute atomic E-state index is 0.0184. The highest BCUT2D eigenvalue weighted by molar-refractivity contribution is 6.42. The maximum absolute atomic E-state index is 13.1. The molecule has 142 valence electrons. The van der Waals surface area contributed by atoms with Crippen molar-refractivity contribution in [2.45, 2.75) is 12.3 Å². The molecule has 0 saturated carbocycles. The summed E-state index contributed by atoms with van der Waals surface area (Å²) >= 11 is 17.9. The number of aliphatic carboxylic acids is 1. The highest BCUT2D eigenvalue weighted by Crippen LogP contribution is 2.43. The first-order chi connectivity index (χ1) is 12.6. The Bertz CT molecular complexity index is 963. The molecular weight excluding hydrogens is 434 g/mol. The molecule has 0 amide bonds. The largest absolute Gasteiger partial charge is 0.478 e. The summed E-state index contributed by atoms with van der Waals surface area (Å²) < 4.78 is 49.7. The molecule has 1 atom stereocenters. The summed E-state index contributed by atoms with van der Waals surface area (Å²) in [4.78, 5) is 15.0. The van der Waals surface area contributed by atoms with E-state index in [0.717, 1.165) is 12.1 Å². The topological polar surface area (TPSA) is 68.7 Å². The summed E-state index contributed by atoms with van der Waals surface area (Å²) in [5, 5.41) is 9.14. The van der Waals surface area contributed by atoms with Crippen LogP contribution < -0.4 is 9.47 Å². The zero-order valence-electron chi connectivity index (χ0n) is 12.9. The normalized spacial score (nSPS) is 16.2. The van der Waals surface area contributed by atoms with Crippen LogP contribution in [-0.4, -0.2) is 28.3 Å². The first kappa shape index (κ1) is 19.6. The number of ether oxygens (including phenoxy) is 2. The third kappa shape index (κ3) is 3.92. The number of benzene rings is 1. The SMILES string of the molecule is O=C(O)C1=Cc2cc(Cl)c(Oc3nccc(Cl)c3Cl)cc2OC1C(F)(F)F. The van der Waals surface area contributed by atoms with Gasteiger partial charge in [0.1, 0.15) is 10.8 Å². The predicted molar refractivity (Wildman–Crippen MR) is 91.9 cm³/mol. The third-order valence-corrected chi connectivity index (χ3v) is 4.54. The second-order valence-corrected chi connectivity index (χ2v) is 6.47. The van der Waals surface area contributed by atoms with Crippen LogP contribution in [0.2, 0.25) is 15.1 Å². The summed E-state index contributed by atoms with van der Waals surface area (Å²) in [6.07, 6.45) is -5.40. The van der Waals surface area contributed by atoms with E-state index in [1.807, 2.05) is 0 Å². The Balaban J connectivity index is 2.04. The van der Waals surface area contributed by atoms with E-state index in [2.05, 4.69) is 4.98 Å². The lowest BCUT2D eigenvalue weighted by Crippen LogP contribution is -2.40. The fraction of sp³-hybridized carbons (Fsp3) is 0.125. The number of fused-ring (bicyclic) bond motifs is 1. The molecule has 1 aromatic heterocycles. The predicted octanol–water partition coefficient (Wildman–Crippen LogP) is 5.63. The second kappa shape index (κ2) is 7.10. The average molecular weight is 441 g/mol. The molecule has 11 heteroatoms. The van der Waals surface area contributed by atoms with Gasteiger partial charge in [0.15, 0.2) is 5.75 Å².